The lowest BCUT2D eigenvalue weighted by Gasteiger charge is -2.40. The first-order valence-electron chi connectivity index (χ1n) is 9.83. The normalized spacial score (nSPS) is 16.1. The number of rotatable bonds is 4. The highest BCUT2D eigenvalue weighted by Crippen LogP contribution is 2.33. The summed E-state index contributed by atoms with van der Waals surface area (Å²) >= 11 is 1.17. The van der Waals surface area contributed by atoms with Gasteiger partial charge in [-0.2, -0.15) is 0 Å². The Morgan fingerprint density at radius 1 is 1.27 bits per heavy atom. The van der Waals surface area contributed by atoms with E-state index in [1.54, 1.807) is 6.07 Å². The molecule has 1 aliphatic heterocycles. The van der Waals surface area contributed by atoms with Gasteiger partial charge in [-0.1, -0.05) is 18.2 Å². The fraction of sp³-hybridized carbons (Fsp3) is 0.217. The van der Waals surface area contributed by atoms with Gasteiger partial charge in [0.25, 0.3) is 5.91 Å². The van der Waals surface area contributed by atoms with Crippen molar-refractivity contribution in [3.05, 3.63) is 65.8 Å². The summed E-state index contributed by atoms with van der Waals surface area (Å²) in [6.07, 6.45) is 1.09. The van der Waals surface area contributed by atoms with Crippen molar-refractivity contribution in [1.29, 1.82) is 0 Å². The highest BCUT2D eigenvalue weighted by Gasteiger charge is 2.25. The smallest absolute Gasteiger partial charge is 0.297 e. The first-order valence-corrected chi connectivity index (χ1v) is 10.6. The molecule has 2 aromatic heterocycles. The van der Waals surface area contributed by atoms with Gasteiger partial charge in [-0.15, -0.1) is 0 Å². The number of aromatic nitrogens is 1. The molecule has 0 spiro atoms. The van der Waals surface area contributed by atoms with E-state index in [9.17, 15) is 9.18 Å². The minimum absolute atomic E-state index is 0.0783. The topological polar surface area (TPSA) is 58.4 Å². The van der Waals surface area contributed by atoms with Gasteiger partial charge in [0.15, 0.2) is 5.76 Å². The Kier molecular flexibility index (Phi) is 4.62. The summed E-state index contributed by atoms with van der Waals surface area (Å²) in [4.78, 5) is 20.2. The Morgan fingerprint density at radius 3 is 2.90 bits per heavy atom. The first-order chi connectivity index (χ1) is 14.5. The van der Waals surface area contributed by atoms with Crippen LogP contribution in [0, 0.1) is 12.7 Å². The Labute approximate surface area is 177 Å². The van der Waals surface area contributed by atoms with Crippen LogP contribution in [-0.2, 0) is 0 Å². The van der Waals surface area contributed by atoms with Crippen molar-refractivity contribution < 1.29 is 13.6 Å². The average Bonchev–Trinajstić information content (AvgIpc) is 3.16. The number of benzene rings is 2. The molecule has 3 heterocycles. The largest absolute Gasteiger partial charge is 0.451 e. The minimum Gasteiger partial charge on any atom is -0.451 e. The van der Waals surface area contributed by atoms with E-state index in [4.69, 9.17) is 4.42 Å². The van der Waals surface area contributed by atoms with Crippen LogP contribution in [0.15, 0.2) is 57.8 Å². The molecule has 1 N–H and O–H groups in total. The van der Waals surface area contributed by atoms with E-state index in [1.807, 2.05) is 37.3 Å². The quantitative estimate of drug-likeness (QED) is 0.443. The second kappa shape index (κ2) is 7.32. The van der Waals surface area contributed by atoms with Crippen LogP contribution in [0.4, 0.5) is 10.1 Å². The van der Waals surface area contributed by atoms with Crippen molar-refractivity contribution in [2.45, 2.75) is 31.2 Å². The minimum atomic E-state index is -0.417. The number of aryl methyl sites for hydroxylation is 1. The van der Waals surface area contributed by atoms with Gasteiger partial charge in [-0.05, 0) is 50.4 Å². The van der Waals surface area contributed by atoms with Gasteiger partial charge in [0.05, 0.1) is 15.8 Å². The number of carbonyl (C=O) groups excluding carboxylic acids is 1. The number of fused-ring (bicyclic) bond motifs is 2. The summed E-state index contributed by atoms with van der Waals surface area (Å²) in [6.45, 7) is 4.93. The fourth-order valence-corrected chi connectivity index (χ4v) is 4.42. The molecule has 4 aromatic rings. The molecule has 1 saturated heterocycles. The van der Waals surface area contributed by atoms with Crippen LogP contribution in [0.1, 0.15) is 29.6 Å². The number of hydrogen-bond acceptors (Lipinski definition) is 5. The van der Waals surface area contributed by atoms with Crippen LogP contribution < -0.4 is 9.62 Å². The second-order valence-electron chi connectivity index (χ2n) is 7.59. The predicted molar refractivity (Wildman–Crippen MR) is 117 cm³/mol. The van der Waals surface area contributed by atoms with E-state index in [2.05, 4.69) is 21.5 Å². The molecule has 5 rings (SSSR count). The van der Waals surface area contributed by atoms with E-state index in [0.717, 1.165) is 40.1 Å². The van der Waals surface area contributed by atoms with Gasteiger partial charge >= 0.3 is 0 Å². The van der Waals surface area contributed by atoms with Crippen LogP contribution in [0.25, 0.3) is 21.9 Å². The molecule has 1 fully saturated rings. The van der Waals surface area contributed by atoms with E-state index in [-0.39, 0.29) is 11.6 Å². The molecule has 1 atom stereocenters. The molecule has 0 saturated carbocycles. The molecular weight excluding hydrogens is 401 g/mol. The van der Waals surface area contributed by atoms with Gasteiger partial charge in [0.2, 0.25) is 0 Å². The van der Waals surface area contributed by atoms with E-state index >= 15 is 0 Å². The van der Waals surface area contributed by atoms with Crippen molar-refractivity contribution in [3.63, 3.8) is 0 Å². The Balaban J connectivity index is 1.39. The number of nitrogens with zero attached hydrogens (tertiary/aromatic N) is 2. The van der Waals surface area contributed by atoms with Crippen LogP contribution in [-0.4, -0.2) is 23.5 Å². The summed E-state index contributed by atoms with van der Waals surface area (Å²) in [5.74, 6) is -0.723. The Morgan fingerprint density at radius 2 is 2.13 bits per heavy atom. The molecule has 5 nitrogen and oxygen atoms in total. The molecule has 1 amide bonds. The summed E-state index contributed by atoms with van der Waals surface area (Å²) in [6, 6.07) is 14.9. The summed E-state index contributed by atoms with van der Waals surface area (Å²) < 4.78 is 23.1. The zero-order valence-electron chi connectivity index (χ0n) is 16.6. The standard InChI is InChI=1S/C23H20FN3O2S/c1-13-6-7-15-4-3-5-21(22(15)25-13)30-26-23(28)20-12-17-18(24)10-16(11-19(17)29-20)27-9-8-14(27)2/h3-7,10-12,14H,8-9H2,1-2H3,(H,26,28). The maximum Gasteiger partial charge on any atom is 0.297 e. The summed E-state index contributed by atoms with van der Waals surface area (Å²) in [5.41, 5.74) is 2.89. The number of anilines is 1. The molecule has 30 heavy (non-hydrogen) atoms. The number of para-hydroxylation sites is 1. The van der Waals surface area contributed by atoms with Crippen LogP contribution in [0.5, 0.6) is 0 Å². The van der Waals surface area contributed by atoms with Crippen LogP contribution in [0.2, 0.25) is 0 Å². The SMILES string of the molecule is Cc1ccc2cccc(SNC(=O)c3cc4c(F)cc(N5CCC5C)cc4o3)c2n1. The Hall–Kier alpha value is -3.06. The van der Waals surface area contributed by atoms with Gasteiger partial charge in [0.1, 0.15) is 11.4 Å². The average molecular weight is 421 g/mol. The molecule has 1 aliphatic rings. The fourth-order valence-electron chi connectivity index (χ4n) is 3.71. The number of hydrogen-bond donors (Lipinski definition) is 1. The van der Waals surface area contributed by atoms with Crippen LogP contribution in [0.3, 0.4) is 0 Å². The first kappa shape index (κ1) is 18.9. The molecule has 1 unspecified atom stereocenters. The lowest BCUT2D eigenvalue weighted by atomic mass is 10.0. The highest BCUT2D eigenvalue weighted by atomic mass is 32.2. The van der Waals surface area contributed by atoms with Crippen molar-refractivity contribution in [1.82, 2.24) is 9.71 Å². The number of furan rings is 1. The third-order valence-electron chi connectivity index (χ3n) is 5.52. The Bertz CT molecular complexity index is 1290. The molecule has 0 bridgehead atoms. The van der Waals surface area contributed by atoms with Crippen molar-refractivity contribution in [3.8, 4) is 0 Å². The number of amides is 1. The van der Waals surface area contributed by atoms with Crippen LogP contribution >= 0.6 is 11.9 Å². The molecule has 0 radical (unpaired) electrons. The molecule has 7 heteroatoms. The van der Waals surface area contributed by atoms with Gasteiger partial charge in [-0.25, -0.2) is 4.39 Å². The predicted octanol–water partition coefficient (Wildman–Crippen LogP) is 5.46. The zero-order chi connectivity index (χ0) is 20.8. The third kappa shape index (κ3) is 3.29. The van der Waals surface area contributed by atoms with E-state index in [0.29, 0.717) is 17.0 Å². The molecule has 2 aromatic carbocycles. The number of nitrogens with one attached hydrogen (secondary N) is 1. The van der Waals surface area contributed by atoms with Crippen molar-refractivity contribution in [2.24, 2.45) is 0 Å². The highest BCUT2D eigenvalue weighted by molar-refractivity contribution is 7.98. The summed E-state index contributed by atoms with van der Waals surface area (Å²) in [7, 11) is 0. The summed E-state index contributed by atoms with van der Waals surface area (Å²) in [5, 5.41) is 1.31. The van der Waals surface area contributed by atoms with E-state index < -0.39 is 5.91 Å². The maximum atomic E-state index is 14.6. The number of carbonyl (C=O) groups is 1. The number of halogens is 1. The monoisotopic (exact) mass is 421 g/mol. The van der Waals surface area contributed by atoms with Gasteiger partial charge < -0.3 is 9.32 Å². The lowest BCUT2D eigenvalue weighted by Crippen LogP contribution is -2.45. The third-order valence-corrected chi connectivity index (χ3v) is 6.36. The molecule has 152 valence electrons. The van der Waals surface area contributed by atoms with Gasteiger partial charge in [0, 0.05) is 41.5 Å². The second-order valence-corrected chi connectivity index (χ2v) is 8.44. The maximum absolute atomic E-state index is 14.6. The lowest BCUT2D eigenvalue weighted by molar-refractivity contribution is 0.0959. The molecule has 0 aliphatic carbocycles. The van der Waals surface area contributed by atoms with Crippen molar-refractivity contribution in [2.75, 3.05) is 11.4 Å². The molecular formula is C23H20FN3O2S. The van der Waals surface area contributed by atoms with Gasteiger partial charge in [-0.3, -0.25) is 14.5 Å². The van der Waals surface area contributed by atoms with Crippen molar-refractivity contribution >= 4 is 45.4 Å². The van der Waals surface area contributed by atoms with E-state index in [1.165, 1.54) is 24.1 Å². The number of pyridine rings is 1. The zero-order valence-corrected chi connectivity index (χ0v) is 17.4.